The molecule has 0 aliphatic rings. The van der Waals surface area contributed by atoms with E-state index in [1.54, 1.807) is 32.1 Å². The first-order chi connectivity index (χ1) is 7.47. The number of hydrogen-bond acceptors (Lipinski definition) is 2. The number of nitrogens with two attached hydrogens (primary N) is 1. The zero-order chi connectivity index (χ0) is 12.6. The molecule has 0 radical (unpaired) electrons. The monoisotopic (exact) mass is 222 g/mol. The highest BCUT2D eigenvalue weighted by atomic mass is 16.1. The number of hydrogen-bond donors (Lipinski definition) is 2. The summed E-state index contributed by atoms with van der Waals surface area (Å²) in [6.45, 7) is 5.25. The van der Waals surface area contributed by atoms with E-state index in [2.05, 4.69) is 5.32 Å². The average molecular weight is 222 g/mol. The van der Waals surface area contributed by atoms with Gasteiger partial charge in [-0.2, -0.15) is 0 Å². The number of allylic oxidation sites excluding steroid dienone is 3. The molecule has 4 nitrogen and oxygen atoms in total. The molecular formula is C12H18N2O2. The van der Waals surface area contributed by atoms with Gasteiger partial charge in [-0.25, -0.2) is 0 Å². The highest BCUT2D eigenvalue weighted by Crippen LogP contribution is 1.94. The summed E-state index contributed by atoms with van der Waals surface area (Å²) in [6.07, 6.45) is 8.26. The minimum Gasteiger partial charge on any atom is -0.366 e. The van der Waals surface area contributed by atoms with Crippen molar-refractivity contribution in [1.29, 1.82) is 0 Å². The fourth-order valence-electron chi connectivity index (χ4n) is 1.03. The zero-order valence-electron chi connectivity index (χ0n) is 9.86. The molecule has 2 amide bonds. The summed E-state index contributed by atoms with van der Waals surface area (Å²) in [5.41, 5.74) is 5.51. The van der Waals surface area contributed by atoms with Crippen molar-refractivity contribution in [3.8, 4) is 0 Å². The number of primary amides is 1. The van der Waals surface area contributed by atoms with E-state index >= 15 is 0 Å². The van der Waals surface area contributed by atoms with Crippen LogP contribution in [-0.2, 0) is 9.59 Å². The molecule has 0 fully saturated rings. The predicted octanol–water partition coefficient (Wildman–Crippen LogP) is 1.05. The maximum Gasteiger partial charge on any atom is 0.244 e. The van der Waals surface area contributed by atoms with Crippen molar-refractivity contribution in [2.45, 2.75) is 26.8 Å². The number of carbonyl (C=O) groups excluding carboxylic acids is 2. The van der Waals surface area contributed by atoms with Crippen molar-refractivity contribution in [1.82, 2.24) is 5.32 Å². The van der Waals surface area contributed by atoms with Crippen molar-refractivity contribution < 1.29 is 9.59 Å². The normalized spacial score (nSPS) is 14.3. The summed E-state index contributed by atoms with van der Waals surface area (Å²) in [4.78, 5) is 22.1. The second-order valence-electron chi connectivity index (χ2n) is 3.40. The molecule has 88 valence electrons. The van der Waals surface area contributed by atoms with E-state index in [0.29, 0.717) is 5.57 Å². The lowest BCUT2D eigenvalue weighted by Gasteiger charge is -2.08. The van der Waals surface area contributed by atoms with Crippen LogP contribution in [0.25, 0.3) is 0 Å². The summed E-state index contributed by atoms with van der Waals surface area (Å²) in [5, 5.41) is 2.68. The molecule has 0 bridgehead atoms. The molecule has 0 aromatic heterocycles. The Labute approximate surface area is 95.9 Å². The van der Waals surface area contributed by atoms with Gasteiger partial charge in [-0.05, 0) is 20.8 Å². The van der Waals surface area contributed by atoms with E-state index in [1.807, 2.05) is 13.0 Å². The van der Waals surface area contributed by atoms with Gasteiger partial charge in [-0.3, -0.25) is 9.59 Å². The van der Waals surface area contributed by atoms with Gasteiger partial charge in [0.1, 0.15) is 0 Å². The molecule has 4 heteroatoms. The molecule has 0 aliphatic carbocycles. The first-order valence-electron chi connectivity index (χ1n) is 5.05. The fraction of sp³-hybridized carbons (Fsp3) is 0.333. The standard InChI is InChI=1S/C12H18N2O2/c1-4-5-6-7-11(15)14-10(3)8-9(2)12(13)16/h4-8,10H,1-3H3,(H2,13,16)(H,14,15). The van der Waals surface area contributed by atoms with Crippen LogP contribution in [0.4, 0.5) is 0 Å². The van der Waals surface area contributed by atoms with E-state index in [9.17, 15) is 9.59 Å². The van der Waals surface area contributed by atoms with Gasteiger partial charge in [-0.1, -0.05) is 24.3 Å². The highest BCUT2D eigenvalue weighted by Gasteiger charge is 2.03. The molecule has 0 saturated carbocycles. The van der Waals surface area contributed by atoms with Crippen LogP contribution in [-0.4, -0.2) is 17.9 Å². The zero-order valence-corrected chi connectivity index (χ0v) is 9.86. The van der Waals surface area contributed by atoms with Crippen LogP contribution in [0.1, 0.15) is 20.8 Å². The summed E-state index contributed by atoms with van der Waals surface area (Å²) < 4.78 is 0. The molecule has 1 atom stereocenters. The lowest BCUT2D eigenvalue weighted by atomic mass is 10.2. The van der Waals surface area contributed by atoms with Gasteiger partial charge in [0.15, 0.2) is 0 Å². The van der Waals surface area contributed by atoms with Crippen molar-refractivity contribution in [2.75, 3.05) is 0 Å². The number of carbonyl (C=O) groups is 2. The first-order valence-corrected chi connectivity index (χ1v) is 5.05. The predicted molar refractivity (Wildman–Crippen MR) is 64.5 cm³/mol. The van der Waals surface area contributed by atoms with Gasteiger partial charge in [0.2, 0.25) is 11.8 Å². The molecule has 3 N–H and O–H groups in total. The molecule has 0 spiro atoms. The third kappa shape index (κ3) is 6.59. The van der Waals surface area contributed by atoms with Gasteiger partial charge in [0, 0.05) is 17.7 Å². The minimum absolute atomic E-state index is 0.209. The van der Waals surface area contributed by atoms with Crippen LogP contribution in [0, 0.1) is 0 Å². The lowest BCUT2D eigenvalue weighted by molar-refractivity contribution is -0.117. The topological polar surface area (TPSA) is 72.2 Å². The average Bonchev–Trinajstić information content (AvgIpc) is 2.17. The van der Waals surface area contributed by atoms with Gasteiger partial charge in [-0.15, -0.1) is 0 Å². The van der Waals surface area contributed by atoms with E-state index in [-0.39, 0.29) is 11.9 Å². The summed E-state index contributed by atoms with van der Waals surface area (Å²) in [6, 6.07) is -0.227. The number of rotatable bonds is 5. The fourth-order valence-corrected chi connectivity index (χ4v) is 1.03. The molecular weight excluding hydrogens is 204 g/mol. The Bertz CT molecular complexity index is 341. The Morgan fingerprint density at radius 2 is 1.94 bits per heavy atom. The minimum atomic E-state index is -0.481. The Hall–Kier alpha value is -1.84. The van der Waals surface area contributed by atoms with Gasteiger partial charge >= 0.3 is 0 Å². The SMILES string of the molecule is CC=CC=CC(=O)NC(C)C=C(C)C(N)=O. The van der Waals surface area contributed by atoms with Crippen molar-refractivity contribution in [3.05, 3.63) is 36.0 Å². The van der Waals surface area contributed by atoms with Crippen LogP contribution < -0.4 is 11.1 Å². The number of amides is 2. The summed E-state index contributed by atoms with van der Waals surface area (Å²) in [5.74, 6) is -0.690. The second-order valence-corrected chi connectivity index (χ2v) is 3.40. The van der Waals surface area contributed by atoms with Gasteiger partial charge < -0.3 is 11.1 Å². The van der Waals surface area contributed by atoms with Crippen LogP contribution in [0.15, 0.2) is 36.0 Å². The Morgan fingerprint density at radius 1 is 1.31 bits per heavy atom. The molecule has 0 aromatic rings. The smallest absolute Gasteiger partial charge is 0.244 e. The van der Waals surface area contributed by atoms with Gasteiger partial charge in [0.05, 0.1) is 0 Å². The van der Waals surface area contributed by atoms with E-state index in [1.165, 1.54) is 6.08 Å². The van der Waals surface area contributed by atoms with Crippen LogP contribution >= 0.6 is 0 Å². The van der Waals surface area contributed by atoms with Crippen LogP contribution in [0.5, 0.6) is 0 Å². The summed E-state index contributed by atoms with van der Waals surface area (Å²) >= 11 is 0. The molecule has 0 heterocycles. The summed E-state index contributed by atoms with van der Waals surface area (Å²) in [7, 11) is 0. The molecule has 16 heavy (non-hydrogen) atoms. The van der Waals surface area contributed by atoms with E-state index in [4.69, 9.17) is 5.73 Å². The Morgan fingerprint density at radius 3 is 2.44 bits per heavy atom. The molecule has 0 aromatic carbocycles. The highest BCUT2D eigenvalue weighted by molar-refractivity contribution is 5.92. The van der Waals surface area contributed by atoms with Crippen LogP contribution in [0.2, 0.25) is 0 Å². The maximum absolute atomic E-state index is 11.3. The largest absolute Gasteiger partial charge is 0.366 e. The van der Waals surface area contributed by atoms with Crippen LogP contribution in [0.3, 0.4) is 0 Å². The van der Waals surface area contributed by atoms with Crippen molar-refractivity contribution in [2.24, 2.45) is 5.73 Å². The Kier molecular flexibility index (Phi) is 6.59. The quantitative estimate of drug-likeness (QED) is 0.539. The Balaban J connectivity index is 4.25. The lowest BCUT2D eigenvalue weighted by Crippen LogP contribution is -2.30. The van der Waals surface area contributed by atoms with Crippen molar-refractivity contribution >= 4 is 11.8 Å². The van der Waals surface area contributed by atoms with E-state index in [0.717, 1.165) is 0 Å². The van der Waals surface area contributed by atoms with Gasteiger partial charge in [0.25, 0.3) is 0 Å². The molecule has 1 unspecified atom stereocenters. The number of nitrogens with one attached hydrogen (secondary N) is 1. The first kappa shape index (κ1) is 14.2. The molecule has 0 rings (SSSR count). The second kappa shape index (κ2) is 7.45. The van der Waals surface area contributed by atoms with Crippen molar-refractivity contribution in [3.63, 3.8) is 0 Å². The molecule has 0 saturated heterocycles. The van der Waals surface area contributed by atoms with E-state index < -0.39 is 5.91 Å². The third-order valence-electron chi connectivity index (χ3n) is 1.81. The third-order valence-corrected chi connectivity index (χ3v) is 1.81. The maximum atomic E-state index is 11.3. The molecule has 0 aliphatic heterocycles.